The highest BCUT2D eigenvalue weighted by Gasteiger charge is 2.35. The van der Waals surface area contributed by atoms with E-state index in [2.05, 4.69) is 15.9 Å². The molecule has 2 aliphatic carbocycles. The van der Waals surface area contributed by atoms with Crippen molar-refractivity contribution >= 4 is 60.9 Å². The number of carboxylic acid groups (broad SMARTS) is 1. The standard InChI is InChI=1S/C26H31BrN2O5S/c27-17-11-12-20-21(16-35-22(20)13-17)25(33)26(34)28(15-24(31)32)14-23(30)29(18-7-3-1-4-8-18)19-9-5-2-6-10-19/h11-13,16,18-19H,1-10,14-15H2,(H,31,32). The van der Waals surface area contributed by atoms with E-state index < -0.39 is 30.7 Å². The first-order valence-electron chi connectivity index (χ1n) is 12.4. The zero-order valence-electron chi connectivity index (χ0n) is 19.7. The normalized spacial score (nSPS) is 17.3. The van der Waals surface area contributed by atoms with Gasteiger partial charge in [-0.2, -0.15) is 0 Å². The summed E-state index contributed by atoms with van der Waals surface area (Å²) in [6.07, 6.45) is 10.3. The molecule has 35 heavy (non-hydrogen) atoms. The van der Waals surface area contributed by atoms with Crippen molar-refractivity contribution in [2.24, 2.45) is 0 Å². The molecule has 0 unspecified atom stereocenters. The summed E-state index contributed by atoms with van der Waals surface area (Å²) < 4.78 is 1.71. The summed E-state index contributed by atoms with van der Waals surface area (Å²) in [6.45, 7) is -1.08. The predicted octanol–water partition coefficient (Wildman–Crippen LogP) is 5.25. The van der Waals surface area contributed by atoms with E-state index in [1.165, 1.54) is 11.3 Å². The number of benzene rings is 1. The van der Waals surface area contributed by atoms with Crippen LogP contribution < -0.4 is 0 Å². The molecule has 188 valence electrons. The van der Waals surface area contributed by atoms with Crippen molar-refractivity contribution < 1.29 is 24.3 Å². The molecular formula is C26H31BrN2O5S. The van der Waals surface area contributed by atoms with Gasteiger partial charge in [0.05, 0.1) is 0 Å². The number of amides is 2. The van der Waals surface area contributed by atoms with E-state index in [9.17, 15) is 24.3 Å². The van der Waals surface area contributed by atoms with Crippen molar-refractivity contribution in [3.63, 3.8) is 0 Å². The van der Waals surface area contributed by atoms with Gasteiger partial charge in [-0.25, -0.2) is 0 Å². The van der Waals surface area contributed by atoms with Crippen LogP contribution in [0.5, 0.6) is 0 Å². The fourth-order valence-corrected chi connectivity index (χ4v) is 6.96. The van der Waals surface area contributed by atoms with Gasteiger partial charge in [0, 0.05) is 37.6 Å². The summed E-state index contributed by atoms with van der Waals surface area (Å²) in [5, 5.41) is 11.7. The number of Topliss-reactive ketones (excluding diaryl/α,β-unsaturated/α-hetero) is 1. The Balaban J connectivity index is 1.56. The molecule has 0 aliphatic heterocycles. The number of ketones is 1. The van der Waals surface area contributed by atoms with Crippen molar-refractivity contribution in [2.75, 3.05) is 13.1 Å². The van der Waals surface area contributed by atoms with Crippen molar-refractivity contribution in [1.29, 1.82) is 0 Å². The van der Waals surface area contributed by atoms with E-state index in [0.29, 0.717) is 5.39 Å². The third-order valence-corrected chi connectivity index (χ3v) is 8.58. The number of carbonyl (C=O) groups excluding carboxylic acids is 3. The number of hydrogen-bond donors (Lipinski definition) is 1. The molecule has 2 amide bonds. The molecule has 0 spiro atoms. The lowest BCUT2D eigenvalue weighted by atomic mass is 9.88. The smallest absolute Gasteiger partial charge is 0.323 e. The molecule has 2 saturated carbocycles. The Hall–Kier alpha value is -2.26. The number of carbonyl (C=O) groups is 4. The zero-order chi connectivity index (χ0) is 24.9. The van der Waals surface area contributed by atoms with Crippen LogP contribution in [-0.2, 0) is 14.4 Å². The van der Waals surface area contributed by atoms with E-state index in [1.54, 1.807) is 17.5 Å². The van der Waals surface area contributed by atoms with Gasteiger partial charge in [-0.05, 0) is 37.8 Å². The Bertz CT molecular complexity index is 1090. The first-order chi connectivity index (χ1) is 16.8. The van der Waals surface area contributed by atoms with Crippen LogP contribution in [0.2, 0.25) is 0 Å². The molecule has 1 N–H and O–H groups in total. The van der Waals surface area contributed by atoms with E-state index in [1.807, 2.05) is 11.0 Å². The largest absolute Gasteiger partial charge is 0.480 e. The summed E-state index contributed by atoms with van der Waals surface area (Å²) in [5.41, 5.74) is 0.238. The zero-order valence-corrected chi connectivity index (χ0v) is 22.1. The van der Waals surface area contributed by atoms with Crippen LogP contribution >= 0.6 is 27.3 Å². The number of carboxylic acids is 1. The van der Waals surface area contributed by atoms with E-state index in [4.69, 9.17) is 0 Å². The van der Waals surface area contributed by atoms with Crippen molar-refractivity contribution in [3.05, 3.63) is 33.6 Å². The molecule has 1 heterocycles. The van der Waals surface area contributed by atoms with Crippen LogP contribution in [0.25, 0.3) is 10.1 Å². The highest BCUT2D eigenvalue weighted by atomic mass is 79.9. The number of aliphatic carboxylic acids is 1. The Morgan fingerprint density at radius 2 is 1.51 bits per heavy atom. The summed E-state index contributed by atoms with van der Waals surface area (Å²) in [7, 11) is 0. The van der Waals surface area contributed by atoms with Crippen molar-refractivity contribution in [2.45, 2.75) is 76.3 Å². The van der Waals surface area contributed by atoms with Crippen LogP contribution in [0.4, 0.5) is 0 Å². The molecule has 1 aromatic carbocycles. The average Bonchev–Trinajstić information content (AvgIpc) is 3.27. The Labute approximate surface area is 217 Å². The van der Waals surface area contributed by atoms with Crippen molar-refractivity contribution in [3.8, 4) is 0 Å². The van der Waals surface area contributed by atoms with E-state index in [0.717, 1.165) is 78.3 Å². The van der Waals surface area contributed by atoms with E-state index >= 15 is 0 Å². The number of fused-ring (bicyclic) bond motifs is 1. The first kappa shape index (κ1) is 25.8. The molecule has 0 saturated heterocycles. The minimum atomic E-state index is -1.25. The van der Waals surface area contributed by atoms with Gasteiger partial charge in [-0.3, -0.25) is 19.2 Å². The van der Waals surface area contributed by atoms with Gasteiger partial charge < -0.3 is 14.9 Å². The third kappa shape index (κ3) is 6.12. The lowest BCUT2D eigenvalue weighted by molar-refractivity contribution is -0.147. The Kier molecular flexibility index (Phi) is 8.59. The minimum Gasteiger partial charge on any atom is -0.480 e. The lowest BCUT2D eigenvalue weighted by Gasteiger charge is -2.42. The molecule has 0 bridgehead atoms. The number of nitrogens with zero attached hydrogens (tertiary/aromatic N) is 2. The number of thiophene rings is 1. The maximum absolute atomic E-state index is 13.6. The van der Waals surface area contributed by atoms with Crippen LogP contribution in [-0.4, -0.2) is 63.6 Å². The quantitative estimate of drug-likeness (QED) is 0.350. The molecule has 4 rings (SSSR count). The first-order valence-corrected chi connectivity index (χ1v) is 14.1. The summed E-state index contributed by atoms with van der Waals surface area (Å²) >= 11 is 4.75. The lowest BCUT2D eigenvalue weighted by Crippen LogP contribution is -2.54. The molecule has 2 aliphatic rings. The number of rotatable bonds is 8. The number of hydrogen-bond acceptors (Lipinski definition) is 5. The fraction of sp³-hybridized carbons (Fsp3) is 0.538. The molecule has 2 aromatic rings. The average molecular weight is 564 g/mol. The summed E-state index contributed by atoms with van der Waals surface area (Å²) in [6, 6.07) is 5.66. The van der Waals surface area contributed by atoms with Gasteiger partial charge in [0.15, 0.2) is 0 Å². The molecule has 2 fully saturated rings. The van der Waals surface area contributed by atoms with Gasteiger partial charge in [-0.15, -0.1) is 11.3 Å². The third-order valence-electron chi connectivity index (χ3n) is 7.14. The maximum Gasteiger partial charge on any atom is 0.323 e. The van der Waals surface area contributed by atoms with Crippen LogP contribution in [0.3, 0.4) is 0 Å². The second-order valence-corrected chi connectivity index (χ2v) is 11.4. The molecule has 9 heteroatoms. The Morgan fingerprint density at radius 3 is 2.09 bits per heavy atom. The second kappa shape index (κ2) is 11.6. The maximum atomic E-state index is 13.6. The predicted molar refractivity (Wildman–Crippen MR) is 139 cm³/mol. The van der Waals surface area contributed by atoms with E-state index in [-0.39, 0.29) is 23.6 Å². The van der Waals surface area contributed by atoms with Crippen molar-refractivity contribution in [1.82, 2.24) is 9.80 Å². The minimum absolute atomic E-state index is 0.121. The molecule has 7 nitrogen and oxygen atoms in total. The topological polar surface area (TPSA) is 95.0 Å². The van der Waals surface area contributed by atoms with Crippen LogP contribution in [0, 0.1) is 0 Å². The second-order valence-electron chi connectivity index (χ2n) is 9.56. The fourth-order valence-electron chi connectivity index (χ4n) is 5.47. The van der Waals surface area contributed by atoms with Gasteiger partial charge in [0.25, 0.3) is 11.7 Å². The molecular weight excluding hydrogens is 532 g/mol. The highest BCUT2D eigenvalue weighted by Crippen LogP contribution is 2.31. The molecule has 0 atom stereocenters. The van der Waals surface area contributed by atoms with Gasteiger partial charge in [-0.1, -0.05) is 60.5 Å². The SMILES string of the molecule is O=C(O)CN(CC(=O)N(C1CCCCC1)C1CCCCC1)C(=O)C(=O)c1csc2cc(Br)ccc12. The monoisotopic (exact) mass is 562 g/mol. The van der Waals surface area contributed by atoms with Gasteiger partial charge in [0.1, 0.15) is 13.1 Å². The summed E-state index contributed by atoms with van der Waals surface area (Å²) in [4.78, 5) is 54.5. The van der Waals surface area contributed by atoms with Gasteiger partial charge in [0.2, 0.25) is 5.91 Å². The van der Waals surface area contributed by atoms with Crippen LogP contribution in [0.1, 0.15) is 74.6 Å². The van der Waals surface area contributed by atoms with Gasteiger partial charge >= 0.3 is 5.97 Å². The molecule has 0 radical (unpaired) electrons. The highest BCUT2D eigenvalue weighted by molar-refractivity contribution is 9.10. The summed E-state index contributed by atoms with van der Waals surface area (Å²) in [5.74, 6) is -3.23. The van der Waals surface area contributed by atoms with Crippen LogP contribution in [0.15, 0.2) is 28.1 Å². The Morgan fingerprint density at radius 1 is 0.914 bits per heavy atom. The number of halogens is 1. The molecule has 1 aromatic heterocycles.